The molecule has 0 heterocycles. The van der Waals surface area contributed by atoms with E-state index in [9.17, 15) is 28.1 Å². The van der Waals surface area contributed by atoms with Crippen molar-refractivity contribution in [1.82, 2.24) is 0 Å². The second kappa shape index (κ2) is 4.60. The lowest BCUT2D eigenvalue weighted by Gasteiger charge is -2.07. The summed E-state index contributed by atoms with van der Waals surface area (Å²) in [5.41, 5.74) is -1.57. The Hall–Kier alpha value is -2.12. The Kier molecular flexibility index (Phi) is 3.44. The van der Waals surface area contributed by atoms with Gasteiger partial charge in [0.15, 0.2) is 12.0 Å². The summed E-state index contributed by atoms with van der Waals surface area (Å²) in [6.45, 7) is -3.38. The van der Waals surface area contributed by atoms with Gasteiger partial charge in [-0.1, -0.05) is 0 Å². The maximum Gasteiger partial charge on any atom is 0.387 e. The molecule has 0 fully saturated rings. The van der Waals surface area contributed by atoms with E-state index < -0.39 is 34.4 Å². The Balaban J connectivity index is 3.34. The zero-order valence-corrected chi connectivity index (χ0v) is 7.52. The van der Waals surface area contributed by atoms with E-state index in [1.165, 1.54) is 0 Å². The summed E-state index contributed by atoms with van der Waals surface area (Å²) in [7, 11) is 0. The molecule has 0 aliphatic heterocycles. The van der Waals surface area contributed by atoms with E-state index in [1.807, 2.05) is 0 Å². The quantitative estimate of drug-likeness (QED) is 0.455. The van der Waals surface area contributed by atoms with Crippen LogP contribution in [0.25, 0.3) is 0 Å². The first-order chi connectivity index (χ1) is 7.47. The predicted octanol–water partition coefficient (Wildman–Crippen LogP) is 2.15. The monoisotopic (exact) mass is 235 g/mol. The van der Waals surface area contributed by atoms with Gasteiger partial charge in [0.2, 0.25) is 5.82 Å². The summed E-state index contributed by atoms with van der Waals surface area (Å²) in [4.78, 5) is 19.6. The van der Waals surface area contributed by atoms with Gasteiger partial charge in [0.25, 0.3) is 0 Å². The smallest absolute Gasteiger partial charge is 0.387 e. The molecular weight excluding hydrogens is 231 g/mol. The highest BCUT2D eigenvalue weighted by Gasteiger charge is 2.24. The fraction of sp³-hybridized carbons (Fsp3) is 0.125. The zero-order valence-electron chi connectivity index (χ0n) is 7.52. The van der Waals surface area contributed by atoms with Crippen LogP contribution < -0.4 is 4.74 Å². The highest BCUT2D eigenvalue weighted by atomic mass is 19.3. The van der Waals surface area contributed by atoms with Gasteiger partial charge < -0.3 is 4.74 Å². The number of alkyl halides is 2. The lowest BCUT2D eigenvalue weighted by atomic mass is 10.2. The van der Waals surface area contributed by atoms with Crippen molar-refractivity contribution in [2.45, 2.75) is 6.61 Å². The molecule has 86 valence electrons. The van der Waals surface area contributed by atoms with Crippen LogP contribution in [0.4, 0.5) is 18.9 Å². The number of hydrogen-bond donors (Lipinski definition) is 0. The third-order valence-electron chi connectivity index (χ3n) is 1.64. The number of nitrogens with zero attached hydrogens (tertiary/aromatic N) is 1. The Labute approximate surface area is 86.6 Å². The van der Waals surface area contributed by atoms with Crippen LogP contribution in [0.2, 0.25) is 0 Å². The molecule has 16 heavy (non-hydrogen) atoms. The fourth-order valence-electron chi connectivity index (χ4n) is 1.00. The van der Waals surface area contributed by atoms with Crippen LogP contribution in [-0.2, 0) is 0 Å². The molecule has 0 atom stereocenters. The first-order valence-electron chi connectivity index (χ1n) is 3.84. The third kappa shape index (κ3) is 2.27. The van der Waals surface area contributed by atoms with Gasteiger partial charge in [-0.25, -0.2) is 0 Å². The number of nitro benzene ring substituents is 1. The lowest BCUT2D eigenvalue weighted by Crippen LogP contribution is -2.07. The predicted molar refractivity (Wildman–Crippen MR) is 45.1 cm³/mol. The number of rotatable bonds is 4. The Bertz CT molecular complexity index is 436. The summed E-state index contributed by atoms with van der Waals surface area (Å²) in [5.74, 6) is -2.73. The van der Waals surface area contributed by atoms with Gasteiger partial charge in [0.05, 0.1) is 10.5 Å². The molecule has 0 aliphatic rings. The molecule has 0 radical (unpaired) electrons. The Morgan fingerprint density at radius 3 is 2.50 bits per heavy atom. The van der Waals surface area contributed by atoms with E-state index in [1.54, 1.807) is 0 Å². The van der Waals surface area contributed by atoms with Crippen molar-refractivity contribution in [3.8, 4) is 5.75 Å². The van der Waals surface area contributed by atoms with Gasteiger partial charge >= 0.3 is 12.3 Å². The molecule has 0 aliphatic carbocycles. The van der Waals surface area contributed by atoms with Gasteiger partial charge in [-0.2, -0.15) is 13.2 Å². The maximum atomic E-state index is 13.3. The zero-order chi connectivity index (χ0) is 12.3. The summed E-state index contributed by atoms with van der Waals surface area (Å²) in [6, 6.07) is 1.52. The van der Waals surface area contributed by atoms with E-state index in [2.05, 4.69) is 4.74 Å². The standard InChI is InChI=1S/C8H4F3NO4/c9-6-5(12(14)15)2-1-4(3-13)7(6)16-8(10)11/h1-3,8H. The molecule has 0 unspecified atom stereocenters. The second-order valence-corrected chi connectivity index (χ2v) is 2.57. The van der Waals surface area contributed by atoms with Crippen LogP contribution in [-0.4, -0.2) is 17.8 Å². The molecule has 0 saturated carbocycles. The van der Waals surface area contributed by atoms with E-state index in [0.717, 1.165) is 6.07 Å². The minimum absolute atomic E-state index is 0.0600. The number of benzene rings is 1. The number of nitro groups is 1. The van der Waals surface area contributed by atoms with Gasteiger partial charge in [0, 0.05) is 6.07 Å². The molecule has 1 aromatic carbocycles. The van der Waals surface area contributed by atoms with Crippen molar-refractivity contribution in [2.24, 2.45) is 0 Å². The summed E-state index contributed by atoms with van der Waals surface area (Å²) < 4.78 is 40.7. The molecule has 0 bridgehead atoms. The summed E-state index contributed by atoms with van der Waals surface area (Å²) in [6.07, 6.45) is 0.0600. The van der Waals surface area contributed by atoms with Gasteiger partial charge in [0.1, 0.15) is 0 Å². The van der Waals surface area contributed by atoms with Crippen molar-refractivity contribution in [3.05, 3.63) is 33.6 Å². The fourth-order valence-corrected chi connectivity index (χ4v) is 1.00. The highest BCUT2D eigenvalue weighted by molar-refractivity contribution is 5.80. The Morgan fingerprint density at radius 1 is 1.44 bits per heavy atom. The molecule has 8 heteroatoms. The number of hydrogen-bond acceptors (Lipinski definition) is 4. The molecule has 0 spiro atoms. The van der Waals surface area contributed by atoms with Crippen molar-refractivity contribution < 1.29 is 27.6 Å². The van der Waals surface area contributed by atoms with E-state index in [-0.39, 0.29) is 6.29 Å². The van der Waals surface area contributed by atoms with Crippen LogP contribution in [0.3, 0.4) is 0 Å². The van der Waals surface area contributed by atoms with Crippen molar-refractivity contribution in [1.29, 1.82) is 0 Å². The molecule has 5 nitrogen and oxygen atoms in total. The first-order valence-corrected chi connectivity index (χ1v) is 3.84. The van der Waals surface area contributed by atoms with Crippen LogP contribution >= 0.6 is 0 Å². The average molecular weight is 235 g/mol. The summed E-state index contributed by atoms with van der Waals surface area (Å²) >= 11 is 0. The molecule has 1 aromatic rings. The second-order valence-electron chi connectivity index (χ2n) is 2.57. The largest absolute Gasteiger partial charge is 0.431 e. The lowest BCUT2D eigenvalue weighted by molar-refractivity contribution is -0.387. The third-order valence-corrected chi connectivity index (χ3v) is 1.64. The average Bonchev–Trinajstić information content (AvgIpc) is 2.19. The van der Waals surface area contributed by atoms with E-state index in [4.69, 9.17) is 0 Å². The molecule has 0 aromatic heterocycles. The van der Waals surface area contributed by atoms with E-state index >= 15 is 0 Å². The number of halogens is 3. The number of carbonyl (C=O) groups is 1. The molecule has 0 saturated heterocycles. The molecule has 0 amide bonds. The number of ether oxygens (including phenoxy) is 1. The molecule has 0 N–H and O–H groups in total. The number of carbonyl (C=O) groups excluding carboxylic acids is 1. The van der Waals surface area contributed by atoms with E-state index in [0.29, 0.717) is 6.07 Å². The van der Waals surface area contributed by atoms with Crippen molar-refractivity contribution >= 4 is 12.0 Å². The highest BCUT2D eigenvalue weighted by Crippen LogP contribution is 2.30. The minimum Gasteiger partial charge on any atom is -0.431 e. The Morgan fingerprint density at radius 2 is 2.06 bits per heavy atom. The van der Waals surface area contributed by atoms with Gasteiger partial charge in [-0.15, -0.1) is 0 Å². The van der Waals surface area contributed by atoms with Crippen molar-refractivity contribution in [3.63, 3.8) is 0 Å². The van der Waals surface area contributed by atoms with Crippen LogP contribution in [0.15, 0.2) is 12.1 Å². The van der Waals surface area contributed by atoms with Crippen LogP contribution in [0.1, 0.15) is 10.4 Å². The molecular formula is C8H4F3NO4. The normalized spacial score (nSPS) is 10.2. The molecule has 1 rings (SSSR count). The van der Waals surface area contributed by atoms with Gasteiger partial charge in [-0.05, 0) is 6.07 Å². The summed E-state index contributed by atoms with van der Waals surface area (Å²) in [5, 5.41) is 10.3. The van der Waals surface area contributed by atoms with Gasteiger partial charge in [-0.3, -0.25) is 14.9 Å². The topological polar surface area (TPSA) is 69.4 Å². The SMILES string of the molecule is O=Cc1ccc([N+](=O)[O-])c(F)c1OC(F)F. The van der Waals surface area contributed by atoms with Crippen molar-refractivity contribution in [2.75, 3.05) is 0 Å². The maximum absolute atomic E-state index is 13.3. The first kappa shape index (κ1) is 12.0. The van der Waals surface area contributed by atoms with Crippen LogP contribution in [0, 0.1) is 15.9 Å². The van der Waals surface area contributed by atoms with Crippen LogP contribution in [0.5, 0.6) is 5.75 Å². The number of aldehydes is 1. The minimum atomic E-state index is -3.38.